The van der Waals surface area contributed by atoms with Crippen molar-refractivity contribution in [2.24, 2.45) is 0 Å². The molecule has 0 amide bonds. The van der Waals surface area contributed by atoms with Gasteiger partial charge in [0.05, 0.1) is 5.25 Å². The lowest BCUT2D eigenvalue weighted by atomic mass is 10.5. The van der Waals surface area contributed by atoms with E-state index >= 15 is 0 Å². The highest BCUT2D eigenvalue weighted by molar-refractivity contribution is 7.93. The fraction of sp³-hybridized carbons (Fsp3) is 1.00. The van der Waals surface area contributed by atoms with Gasteiger partial charge in [-0.15, -0.1) is 0 Å². The van der Waals surface area contributed by atoms with Crippen LogP contribution in [-0.4, -0.2) is 23.7 Å². The molecule has 0 radical (unpaired) electrons. The van der Waals surface area contributed by atoms with Crippen LogP contribution in [0.1, 0.15) is 27.7 Å². The Morgan fingerprint density at radius 3 is 1.60 bits per heavy atom. The van der Waals surface area contributed by atoms with E-state index in [1.165, 1.54) is 13.8 Å². The van der Waals surface area contributed by atoms with Crippen LogP contribution in [0.15, 0.2) is 0 Å². The van der Waals surface area contributed by atoms with Crippen LogP contribution in [0.25, 0.3) is 0 Å². The second-order valence-electron chi connectivity index (χ2n) is 3.04. The lowest BCUT2D eigenvalue weighted by Crippen LogP contribution is -2.36. The van der Waals surface area contributed by atoms with E-state index in [1.807, 2.05) is 0 Å². The summed E-state index contributed by atoms with van der Waals surface area (Å²) in [6, 6.07) is 0. The molecule has 0 aliphatic heterocycles. The Kier molecular flexibility index (Phi) is 2.49. The SMILES string of the molecule is CC(C)S(=O)(=O)C(C)(C)O. The molecule has 0 aliphatic carbocycles. The fourth-order valence-corrected chi connectivity index (χ4v) is 1.73. The Balaban J connectivity index is 4.79. The van der Waals surface area contributed by atoms with Crippen molar-refractivity contribution in [3.05, 3.63) is 0 Å². The largest absolute Gasteiger partial charge is 0.375 e. The third kappa shape index (κ3) is 1.70. The summed E-state index contributed by atoms with van der Waals surface area (Å²) in [6.07, 6.45) is 0. The van der Waals surface area contributed by atoms with Crippen molar-refractivity contribution in [3.63, 3.8) is 0 Å². The van der Waals surface area contributed by atoms with Gasteiger partial charge in [-0.25, -0.2) is 8.42 Å². The third-order valence-corrected chi connectivity index (χ3v) is 3.95. The zero-order valence-electron chi connectivity index (χ0n) is 6.75. The van der Waals surface area contributed by atoms with Crippen LogP contribution in [0.2, 0.25) is 0 Å². The van der Waals surface area contributed by atoms with Gasteiger partial charge in [0, 0.05) is 0 Å². The van der Waals surface area contributed by atoms with Crippen molar-refractivity contribution in [1.82, 2.24) is 0 Å². The molecule has 4 heteroatoms. The van der Waals surface area contributed by atoms with Gasteiger partial charge in [0.1, 0.15) is 0 Å². The van der Waals surface area contributed by atoms with Gasteiger partial charge < -0.3 is 5.11 Å². The minimum Gasteiger partial charge on any atom is -0.375 e. The predicted octanol–water partition coefficient (Wildman–Crippen LogP) is 0.538. The summed E-state index contributed by atoms with van der Waals surface area (Å²) in [6.45, 7) is 5.66. The first kappa shape index (κ1) is 9.91. The summed E-state index contributed by atoms with van der Waals surface area (Å²) in [5.41, 5.74) is 0. The molecule has 3 nitrogen and oxygen atoms in total. The zero-order chi connectivity index (χ0) is 8.58. The van der Waals surface area contributed by atoms with Gasteiger partial charge in [-0.3, -0.25) is 0 Å². The van der Waals surface area contributed by atoms with E-state index in [2.05, 4.69) is 0 Å². The van der Waals surface area contributed by atoms with E-state index in [0.29, 0.717) is 0 Å². The normalized spacial score (nSPS) is 14.2. The quantitative estimate of drug-likeness (QED) is 0.651. The summed E-state index contributed by atoms with van der Waals surface area (Å²) < 4.78 is 22.2. The van der Waals surface area contributed by atoms with Gasteiger partial charge in [-0.05, 0) is 27.7 Å². The molecule has 0 aromatic heterocycles. The fourth-order valence-electron chi connectivity index (χ4n) is 0.577. The standard InChI is InChI=1S/C6H14O3S/c1-5(2)10(8,9)6(3,4)7/h5,7H,1-4H3. The van der Waals surface area contributed by atoms with Crippen molar-refractivity contribution < 1.29 is 13.5 Å². The molecule has 0 aromatic rings. The van der Waals surface area contributed by atoms with Crippen LogP contribution in [0.5, 0.6) is 0 Å². The molecule has 0 rings (SSSR count). The molecule has 1 N–H and O–H groups in total. The van der Waals surface area contributed by atoms with Crippen LogP contribution >= 0.6 is 0 Å². The van der Waals surface area contributed by atoms with Gasteiger partial charge in [0.2, 0.25) is 0 Å². The van der Waals surface area contributed by atoms with Gasteiger partial charge >= 0.3 is 0 Å². The summed E-state index contributed by atoms with van der Waals surface area (Å²) in [4.78, 5) is -1.61. The van der Waals surface area contributed by atoms with E-state index < -0.39 is 20.0 Å². The molecule has 0 saturated carbocycles. The van der Waals surface area contributed by atoms with Crippen LogP contribution in [0, 0.1) is 0 Å². The highest BCUT2D eigenvalue weighted by Gasteiger charge is 2.33. The number of hydrogen-bond acceptors (Lipinski definition) is 3. The summed E-state index contributed by atoms with van der Waals surface area (Å²) >= 11 is 0. The number of hydrogen-bond donors (Lipinski definition) is 1. The zero-order valence-corrected chi connectivity index (χ0v) is 7.57. The molecule has 0 aliphatic rings. The smallest absolute Gasteiger partial charge is 0.181 e. The van der Waals surface area contributed by atoms with Gasteiger partial charge in [0.15, 0.2) is 14.8 Å². The lowest BCUT2D eigenvalue weighted by Gasteiger charge is -2.20. The number of aliphatic hydroxyl groups is 1. The third-order valence-electron chi connectivity index (χ3n) is 1.32. The highest BCUT2D eigenvalue weighted by atomic mass is 32.2. The number of sulfone groups is 1. The van der Waals surface area contributed by atoms with Crippen LogP contribution in [0.4, 0.5) is 0 Å². The molecular weight excluding hydrogens is 152 g/mol. The highest BCUT2D eigenvalue weighted by Crippen LogP contribution is 2.17. The Morgan fingerprint density at radius 2 is 1.60 bits per heavy atom. The van der Waals surface area contributed by atoms with E-state index in [9.17, 15) is 8.42 Å². The molecule has 62 valence electrons. The van der Waals surface area contributed by atoms with Gasteiger partial charge in [-0.2, -0.15) is 0 Å². The summed E-state index contributed by atoms with van der Waals surface area (Å²) in [7, 11) is -3.36. The Hall–Kier alpha value is -0.0900. The summed E-state index contributed by atoms with van der Waals surface area (Å²) in [5.74, 6) is 0. The van der Waals surface area contributed by atoms with Crippen LogP contribution in [0.3, 0.4) is 0 Å². The molecule has 0 heterocycles. The lowest BCUT2D eigenvalue weighted by molar-refractivity contribution is 0.164. The molecule has 0 fully saturated rings. The molecule has 0 saturated heterocycles. The van der Waals surface area contributed by atoms with E-state index in [-0.39, 0.29) is 0 Å². The maximum absolute atomic E-state index is 11.1. The van der Waals surface area contributed by atoms with Crippen molar-refractivity contribution in [2.75, 3.05) is 0 Å². The first-order valence-electron chi connectivity index (χ1n) is 3.15. The summed E-state index contributed by atoms with van der Waals surface area (Å²) in [5, 5.41) is 8.61. The Bertz CT molecular complexity index is 196. The second-order valence-corrected chi connectivity index (χ2v) is 6.07. The van der Waals surface area contributed by atoms with Crippen molar-refractivity contribution in [2.45, 2.75) is 37.9 Å². The molecular formula is C6H14O3S. The molecule has 10 heavy (non-hydrogen) atoms. The van der Waals surface area contributed by atoms with Gasteiger partial charge in [0.25, 0.3) is 0 Å². The minimum absolute atomic E-state index is 0.521. The first-order chi connectivity index (χ1) is 4.19. The van der Waals surface area contributed by atoms with Gasteiger partial charge in [-0.1, -0.05) is 0 Å². The van der Waals surface area contributed by atoms with Crippen molar-refractivity contribution >= 4 is 9.84 Å². The Labute approximate surface area is 62.0 Å². The molecule has 0 atom stereocenters. The van der Waals surface area contributed by atoms with E-state index in [4.69, 9.17) is 5.11 Å². The van der Waals surface area contributed by atoms with Crippen LogP contribution < -0.4 is 0 Å². The molecule has 0 bridgehead atoms. The second kappa shape index (κ2) is 2.51. The van der Waals surface area contributed by atoms with Crippen LogP contribution in [-0.2, 0) is 9.84 Å². The maximum Gasteiger partial charge on any atom is 0.181 e. The van der Waals surface area contributed by atoms with E-state index in [0.717, 1.165) is 0 Å². The average molecular weight is 166 g/mol. The molecule has 0 unspecified atom stereocenters. The minimum atomic E-state index is -3.36. The number of rotatable bonds is 2. The molecule has 0 aromatic carbocycles. The Morgan fingerprint density at radius 1 is 1.30 bits per heavy atom. The van der Waals surface area contributed by atoms with Crippen molar-refractivity contribution in [1.29, 1.82) is 0 Å². The van der Waals surface area contributed by atoms with E-state index in [1.54, 1.807) is 13.8 Å². The predicted molar refractivity (Wildman–Crippen MR) is 40.4 cm³/mol. The maximum atomic E-state index is 11.1. The average Bonchev–Trinajstić information content (AvgIpc) is 1.62. The van der Waals surface area contributed by atoms with Crippen molar-refractivity contribution in [3.8, 4) is 0 Å². The molecule has 0 spiro atoms. The monoisotopic (exact) mass is 166 g/mol. The topological polar surface area (TPSA) is 54.4 Å². The first-order valence-corrected chi connectivity index (χ1v) is 4.70.